The number of aliphatic carboxylic acids is 1. The normalized spacial score (nSPS) is 10.9. The van der Waals surface area contributed by atoms with Crippen LogP contribution >= 0.6 is 0 Å². The molecule has 6 N–H and O–H groups in total. The van der Waals surface area contributed by atoms with Gasteiger partial charge >= 0.3 is 5.97 Å². The number of carboxylic acid groups (broad SMARTS) is 1. The Bertz CT molecular complexity index is 374. The van der Waals surface area contributed by atoms with Gasteiger partial charge in [0, 0.05) is 23.9 Å². The van der Waals surface area contributed by atoms with E-state index in [9.17, 15) is 9.59 Å². The molecule has 0 unspecified atom stereocenters. The SMILES string of the molecule is C=C(C)C(N)=O.N[C@@H](Cc1cnc[nH]1)C(=O)O. The van der Waals surface area contributed by atoms with E-state index in [1.165, 1.54) is 6.33 Å². The first-order chi connectivity index (χ1) is 7.84. The van der Waals surface area contributed by atoms with Crippen molar-refractivity contribution < 1.29 is 14.7 Å². The number of carbonyl (C=O) groups excluding carboxylic acids is 1. The van der Waals surface area contributed by atoms with Gasteiger partial charge in [-0.15, -0.1) is 0 Å². The number of imidazole rings is 1. The van der Waals surface area contributed by atoms with Crippen LogP contribution in [-0.4, -0.2) is 33.0 Å². The standard InChI is InChI=1S/C6H9N3O2.C4H7NO/c7-5(6(10)11)1-4-2-8-3-9-4;1-3(2)4(5)6/h2-3,5H,1,7H2,(H,8,9)(H,10,11);1H2,2H3,(H2,5,6)/t5-;/m0./s1. The van der Waals surface area contributed by atoms with Crippen LogP contribution in [0.4, 0.5) is 0 Å². The lowest BCUT2D eigenvalue weighted by Gasteiger charge is -2.02. The fourth-order valence-electron chi connectivity index (χ4n) is 0.721. The summed E-state index contributed by atoms with van der Waals surface area (Å²) in [5, 5.41) is 8.42. The molecule has 1 amide bonds. The molecule has 1 aromatic heterocycles. The summed E-state index contributed by atoms with van der Waals surface area (Å²) in [6, 6.07) is -0.851. The molecule has 0 aromatic carbocycles. The van der Waals surface area contributed by atoms with Crippen LogP contribution in [0, 0.1) is 0 Å². The maximum atomic E-state index is 10.3. The Kier molecular flexibility index (Phi) is 6.27. The Labute approximate surface area is 98.5 Å². The summed E-state index contributed by atoms with van der Waals surface area (Å²) in [6.07, 6.45) is 3.34. The number of nitrogens with one attached hydrogen (secondary N) is 1. The largest absolute Gasteiger partial charge is 0.480 e. The van der Waals surface area contributed by atoms with Crippen molar-refractivity contribution in [1.82, 2.24) is 9.97 Å². The van der Waals surface area contributed by atoms with Crippen LogP contribution in [0.25, 0.3) is 0 Å². The summed E-state index contributed by atoms with van der Waals surface area (Å²) < 4.78 is 0. The number of carbonyl (C=O) groups is 2. The van der Waals surface area contributed by atoms with E-state index in [2.05, 4.69) is 16.5 Å². The quantitative estimate of drug-likeness (QED) is 0.522. The van der Waals surface area contributed by atoms with Gasteiger partial charge in [-0.2, -0.15) is 0 Å². The summed E-state index contributed by atoms with van der Waals surface area (Å²) in [5.74, 6) is -1.44. The molecule has 1 aromatic rings. The molecule has 0 saturated heterocycles. The zero-order chi connectivity index (χ0) is 13.4. The maximum absolute atomic E-state index is 10.3. The Morgan fingerprint density at radius 1 is 1.65 bits per heavy atom. The highest BCUT2D eigenvalue weighted by atomic mass is 16.4. The molecule has 1 heterocycles. The van der Waals surface area contributed by atoms with Crippen LogP contribution in [-0.2, 0) is 16.0 Å². The third kappa shape index (κ3) is 6.85. The number of hydrogen-bond acceptors (Lipinski definition) is 4. The van der Waals surface area contributed by atoms with Crippen molar-refractivity contribution in [2.24, 2.45) is 11.5 Å². The molecule has 0 bridgehead atoms. The number of nitrogens with two attached hydrogens (primary N) is 2. The van der Waals surface area contributed by atoms with Crippen LogP contribution in [0.1, 0.15) is 12.6 Å². The third-order valence-electron chi connectivity index (χ3n) is 1.73. The van der Waals surface area contributed by atoms with Crippen molar-refractivity contribution in [3.8, 4) is 0 Å². The lowest BCUT2D eigenvalue weighted by molar-refractivity contribution is -0.138. The fourth-order valence-corrected chi connectivity index (χ4v) is 0.721. The van der Waals surface area contributed by atoms with E-state index in [4.69, 9.17) is 16.6 Å². The molecule has 0 radical (unpaired) electrons. The number of H-pyrrole nitrogens is 1. The van der Waals surface area contributed by atoms with Gasteiger partial charge in [0.25, 0.3) is 0 Å². The number of rotatable bonds is 4. The number of aromatic nitrogens is 2. The molecular formula is C10H16N4O3. The monoisotopic (exact) mass is 240 g/mol. The fraction of sp³-hybridized carbons (Fsp3) is 0.300. The zero-order valence-corrected chi connectivity index (χ0v) is 9.51. The predicted molar refractivity (Wildman–Crippen MR) is 61.9 cm³/mol. The van der Waals surface area contributed by atoms with Crippen molar-refractivity contribution >= 4 is 11.9 Å². The molecule has 0 spiro atoms. The highest BCUT2D eigenvalue weighted by Crippen LogP contribution is 1.95. The first-order valence-corrected chi connectivity index (χ1v) is 4.75. The van der Waals surface area contributed by atoms with Crippen molar-refractivity contribution in [3.63, 3.8) is 0 Å². The second-order valence-electron chi connectivity index (χ2n) is 3.37. The van der Waals surface area contributed by atoms with E-state index in [0.717, 1.165) is 5.69 Å². The number of hydrogen-bond donors (Lipinski definition) is 4. The molecule has 0 saturated carbocycles. The molecule has 17 heavy (non-hydrogen) atoms. The van der Waals surface area contributed by atoms with E-state index < -0.39 is 17.9 Å². The maximum Gasteiger partial charge on any atom is 0.320 e. The lowest BCUT2D eigenvalue weighted by atomic mass is 10.2. The van der Waals surface area contributed by atoms with Crippen molar-refractivity contribution in [2.45, 2.75) is 19.4 Å². The average molecular weight is 240 g/mol. The van der Waals surface area contributed by atoms with Gasteiger partial charge in [-0.05, 0) is 6.92 Å². The van der Waals surface area contributed by atoms with Gasteiger partial charge in [0.2, 0.25) is 5.91 Å². The zero-order valence-electron chi connectivity index (χ0n) is 9.51. The minimum Gasteiger partial charge on any atom is -0.480 e. The van der Waals surface area contributed by atoms with Gasteiger partial charge < -0.3 is 21.6 Å². The van der Waals surface area contributed by atoms with Crippen LogP contribution in [0.3, 0.4) is 0 Å². The summed E-state index contributed by atoms with van der Waals surface area (Å²) in [7, 11) is 0. The third-order valence-corrected chi connectivity index (χ3v) is 1.73. The highest BCUT2D eigenvalue weighted by molar-refractivity contribution is 5.90. The first-order valence-electron chi connectivity index (χ1n) is 4.75. The van der Waals surface area contributed by atoms with E-state index in [0.29, 0.717) is 5.57 Å². The molecule has 94 valence electrons. The van der Waals surface area contributed by atoms with Crippen molar-refractivity contribution in [3.05, 3.63) is 30.4 Å². The molecule has 1 atom stereocenters. The minimum absolute atomic E-state index is 0.287. The molecule has 0 aliphatic carbocycles. The van der Waals surface area contributed by atoms with E-state index in [1.807, 2.05) is 0 Å². The lowest BCUT2D eigenvalue weighted by Crippen LogP contribution is -2.32. The average Bonchev–Trinajstić information content (AvgIpc) is 2.71. The number of aromatic amines is 1. The van der Waals surface area contributed by atoms with E-state index in [1.54, 1.807) is 13.1 Å². The number of amides is 1. The Hall–Kier alpha value is -2.15. The Morgan fingerprint density at radius 2 is 2.18 bits per heavy atom. The molecule has 7 heteroatoms. The van der Waals surface area contributed by atoms with E-state index >= 15 is 0 Å². The van der Waals surface area contributed by atoms with Crippen LogP contribution < -0.4 is 11.5 Å². The van der Waals surface area contributed by atoms with Crippen LogP contribution in [0.5, 0.6) is 0 Å². The highest BCUT2D eigenvalue weighted by Gasteiger charge is 2.11. The van der Waals surface area contributed by atoms with Gasteiger partial charge in [0.05, 0.1) is 6.33 Å². The van der Waals surface area contributed by atoms with Gasteiger partial charge in [0.15, 0.2) is 0 Å². The minimum atomic E-state index is -1.00. The summed E-state index contributed by atoms with van der Waals surface area (Å²) in [4.78, 5) is 26.6. The summed E-state index contributed by atoms with van der Waals surface area (Å²) in [5.41, 5.74) is 11.1. The Balaban J connectivity index is 0.000000366. The number of nitrogens with zero attached hydrogens (tertiary/aromatic N) is 1. The molecule has 0 fully saturated rings. The predicted octanol–water partition coefficient (Wildman–Crippen LogP) is -0.588. The summed E-state index contributed by atoms with van der Waals surface area (Å²) >= 11 is 0. The van der Waals surface area contributed by atoms with Gasteiger partial charge in [-0.1, -0.05) is 6.58 Å². The van der Waals surface area contributed by atoms with Gasteiger partial charge in [-0.25, -0.2) is 4.98 Å². The summed E-state index contributed by atoms with van der Waals surface area (Å²) in [6.45, 7) is 4.85. The first kappa shape index (κ1) is 14.8. The molecule has 7 nitrogen and oxygen atoms in total. The second-order valence-corrected chi connectivity index (χ2v) is 3.37. The van der Waals surface area contributed by atoms with Crippen molar-refractivity contribution in [2.75, 3.05) is 0 Å². The van der Waals surface area contributed by atoms with Crippen LogP contribution in [0.15, 0.2) is 24.7 Å². The van der Waals surface area contributed by atoms with Crippen molar-refractivity contribution in [1.29, 1.82) is 0 Å². The number of primary amides is 1. The molecule has 0 aliphatic rings. The van der Waals surface area contributed by atoms with Crippen LogP contribution in [0.2, 0.25) is 0 Å². The molecular weight excluding hydrogens is 224 g/mol. The Morgan fingerprint density at radius 3 is 2.47 bits per heavy atom. The molecule has 1 rings (SSSR count). The van der Waals surface area contributed by atoms with E-state index in [-0.39, 0.29) is 6.42 Å². The molecule has 0 aliphatic heterocycles. The van der Waals surface area contributed by atoms with Gasteiger partial charge in [0.1, 0.15) is 6.04 Å². The second kappa shape index (κ2) is 7.18. The van der Waals surface area contributed by atoms with Gasteiger partial charge in [-0.3, -0.25) is 9.59 Å². The smallest absolute Gasteiger partial charge is 0.320 e. The number of carboxylic acids is 1. The topological polar surface area (TPSA) is 135 Å².